The maximum absolute atomic E-state index is 9.19. The van der Waals surface area contributed by atoms with Crippen molar-refractivity contribution >= 4 is 17.4 Å². The molecule has 1 fully saturated rings. The number of hydrogen-bond acceptors (Lipinski definition) is 7. The summed E-state index contributed by atoms with van der Waals surface area (Å²) in [7, 11) is 0. The van der Waals surface area contributed by atoms with Crippen LogP contribution in [0, 0.1) is 5.92 Å². The minimum Gasteiger partial charge on any atom is -0.394 e. The molecule has 2 aromatic heterocycles. The van der Waals surface area contributed by atoms with Crippen LogP contribution in [0.3, 0.4) is 0 Å². The van der Waals surface area contributed by atoms with E-state index in [0.29, 0.717) is 5.65 Å². The number of nitrogens with two attached hydrogens (primary N) is 2. The lowest BCUT2D eigenvalue weighted by atomic mass is 10.00. The predicted octanol–water partition coefficient (Wildman–Crippen LogP) is -0.253. The third kappa shape index (κ3) is 1.89. The number of hydrogen-bond donors (Lipinski definition) is 3. The van der Waals surface area contributed by atoms with Gasteiger partial charge in [-0.1, -0.05) is 6.92 Å². The first-order valence-corrected chi connectivity index (χ1v) is 6.13. The van der Waals surface area contributed by atoms with Crippen LogP contribution >= 0.6 is 0 Å². The van der Waals surface area contributed by atoms with E-state index in [9.17, 15) is 5.11 Å². The molecule has 0 amide bonds. The minimum atomic E-state index is -0.180. The van der Waals surface area contributed by atoms with Crippen LogP contribution in [0.25, 0.3) is 5.65 Å². The zero-order chi connectivity index (χ0) is 13.6. The van der Waals surface area contributed by atoms with E-state index in [1.54, 1.807) is 10.7 Å². The van der Waals surface area contributed by atoms with Crippen molar-refractivity contribution in [1.29, 1.82) is 0 Å². The van der Waals surface area contributed by atoms with Gasteiger partial charge in [0.2, 0.25) is 5.95 Å². The third-order valence-electron chi connectivity index (χ3n) is 3.42. The number of anilines is 2. The summed E-state index contributed by atoms with van der Waals surface area (Å²) in [6.07, 6.45) is 2.13. The minimum absolute atomic E-state index is 0.0108. The average molecular weight is 264 g/mol. The van der Waals surface area contributed by atoms with Gasteiger partial charge in [0.15, 0.2) is 11.5 Å². The van der Waals surface area contributed by atoms with Gasteiger partial charge < -0.3 is 21.3 Å². The molecule has 3 rings (SSSR count). The molecule has 102 valence electrons. The van der Waals surface area contributed by atoms with Crippen molar-refractivity contribution in [3.8, 4) is 0 Å². The zero-order valence-electron chi connectivity index (χ0n) is 10.5. The van der Waals surface area contributed by atoms with Crippen LogP contribution in [0.15, 0.2) is 6.20 Å². The zero-order valence-corrected chi connectivity index (χ0v) is 10.5. The Kier molecular flexibility index (Phi) is 2.76. The topological polar surface area (TPSA) is 125 Å². The van der Waals surface area contributed by atoms with Gasteiger partial charge in [-0.3, -0.25) is 0 Å². The summed E-state index contributed by atoms with van der Waals surface area (Å²) in [6, 6.07) is 0. The van der Waals surface area contributed by atoms with Crippen LogP contribution in [0.5, 0.6) is 0 Å². The number of rotatable bonds is 2. The smallest absolute Gasteiger partial charge is 0.240 e. The number of aliphatic hydroxyl groups excluding tert-OH is 1. The lowest BCUT2D eigenvalue weighted by molar-refractivity contribution is 0.00253. The summed E-state index contributed by atoms with van der Waals surface area (Å²) in [4.78, 5) is 8.08. The highest BCUT2D eigenvalue weighted by molar-refractivity contribution is 5.60. The highest BCUT2D eigenvalue weighted by atomic mass is 16.5. The van der Waals surface area contributed by atoms with Gasteiger partial charge in [0, 0.05) is 0 Å². The molecule has 0 aromatic carbocycles. The molecule has 1 aliphatic heterocycles. The summed E-state index contributed by atoms with van der Waals surface area (Å²) in [5, 5.41) is 13.3. The number of fused-ring (bicyclic) bond motifs is 1. The predicted molar refractivity (Wildman–Crippen MR) is 68.1 cm³/mol. The second-order valence-electron chi connectivity index (χ2n) is 4.85. The third-order valence-corrected chi connectivity index (χ3v) is 3.42. The summed E-state index contributed by atoms with van der Waals surface area (Å²) in [6.45, 7) is 2.07. The van der Waals surface area contributed by atoms with Crippen molar-refractivity contribution in [3.05, 3.63) is 11.9 Å². The monoisotopic (exact) mass is 264 g/mol. The molecule has 8 nitrogen and oxygen atoms in total. The fourth-order valence-corrected chi connectivity index (χ4v) is 2.54. The Balaban J connectivity index is 2.06. The summed E-state index contributed by atoms with van der Waals surface area (Å²) < 4.78 is 7.37. The van der Waals surface area contributed by atoms with Crippen molar-refractivity contribution in [2.45, 2.75) is 25.6 Å². The fraction of sp³-hybridized carbons (Fsp3) is 0.545. The summed E-state index contributed by atoms with van der Waals surface area (Å²) in [5.41, 5.74) is 12.6. The van der Waals surface area contributed by atoms with Crippen molar-refractivity contribution < 1.29 is 9.84 Å². The normalized spacial score (nSPS) is 27.2. The molecule has 3 atom stereocenters. The van der Waals surface area contributed by atoms with Gasteiger partial charge in [-0.15, -0.1) is 5.10 Å². The molecular formula is C11H16N6O2. The quantitative estimate of drug-likeness (QED) is 0.682. The molecular weight excluding hydrogens is 248 g/mol. The van der Waals surface area contributed by atoms with E-state index in [2.05, 4.69) is 22.0 Å². The first-order chi connectivity index (χ1) is 9.10. The van der Waals surface area contributed by atoms with Gasteiger partial charge in [0.1, 0.15) is 6.10 Å². The Labute approximate surface area is 109 Å². The van der Waals surface area contributed by atoms with Crippen LogP contribution in [-0.2, 0) is 4.74 Å². The second kappa shape index (κ2) is 4.32. The SMILES string of the molecule is CC1CC(CO)OC1c1cnc2c(N)nc(N)nn12. The van der Waals surface area contributed by atoms with Crippen molar-refractivity contribution in [2.75, 3.05) is 18.1 Å². The van der Waals surface area contributed by atoms with Gasteiger partial charge >= 0.3 is 0 Å². The van der Waals surface area contributed by atoms with Gasteiger partial charge in [0.05, 0.1) is 24.6 Å². The molecule has 8 heteroatoms. The van der Waals surface area contributed by atoms with Crippen LogP contribution in [0.4, 0.5) is 11.8 Å². The molecule has 1 aliphatic rings. The standard InChI is InChI=1S/C11H16N6O2/c1-5-2-6(4-18)19-8(5)7-3-14-10-9(12)15-11(13)16-17(7)10/h3,5-6,8,18H,2,4H2,1H3,(H4,12,13,15,16). The van der Waals surface area contributed by atoms with E-state index < -0.39 is 0 Å². The molecule has 0 radical (unpaired) electrons. The Morgan fingerprint density at radius 3 is 3.00 bits per heavy atom. The van der Waals surface area contributed by atoms with Crippen LogP contribution in [0.1, 0.15) is 25.1 Å². The Bertz CT molecular complexity index is 612. The Morgan fingerprint density at radius 2 is 2.32 bits per heavy atom. The molecule has 0 bridgehead atoms. The summed E-state index contributed by atoms with van der Waals surface area (Å²) >= 11 is 0. The number of aromatic nitrogens is 4. The Morgan fingerprint density at radius 1 is 1.53 bits per heavy atom. The molecule has 3 unspecified atom stereocenters. The maximum Gasteiger partial charge on any atom is 0.240 e. The van der Waals surface area contributed by atoms with Gasteiger partial charge in [0.25, 0.3) is 0 Å². The second-order valence-corrected chi connectivity index (χ2v) is 4.85. The van der Waals surface area contributed by atoms with Crippen molar-refractivity contribution in [3.63, 3.8) is 0 Å². The van der Waals surface area contributed by atoms with Gasteiger partial charge in [-0.25, -0.2) is 9.50 Å². The number of imidazole rings is 1. The molecule has 5 N–H and O–H groups in total. The first kappa shape index (κ1) is 12.1. The molecule has 1 saturated heterocycles. The van der Waals surface area contributed by atoms with Crippen LogP contribution in [-0.4, -0.2) is 37.4 Å². The van der Waals surface area contributed by atoms with E-state index in [1.807, 2.05) is 0 Å². The molecule has 0 saturated carbocycles. The lowest BCUT2D eigenvalue weighted by Gasteiger charge is -2.14. The van der Waals surface area contributed by atoms with Gasteiger partial charge in [-0.2, -0.15) is 4.98 Å². The molecule has 0 spiro atoms. The van der Waals surface area contributed by atoms with E-state index in [0.717, 1.165) is 12.1 Å². The van der Waals surface area contributed by atoms with E-state index in [1.165, 1.54) is 0 Å². The van der Waals surface area contributed by atoms with Crippen molar-refractivity contribution in [2.24, 2.45) is 5.92 Å². The average Bonchev–Trinajstić information content (AvgIpc) is 2.92. The maximum atomic E-state index is 9.19. The van der Waals surface area contributed by atoms with Crippen molar-refractivity contribution in [1.82, 2.24) is 19.6 Å². The molecule has 0 aliphatic carbocycles. The molecule has 2 aromatic rings. The lowest BCUT2D eigenvalue weighted by Crippen LogP contribution is -2.14. The largest absolute Gasteiger partial charge is 0.394 e. The van der Waals surface area contributed by atoms with E-state index in [-0.39, 0.29) is 36.5 Å². The number of aliphatic hydroxyl groups is 1. The highest BCUT2D eigenvalue weighted by Crippen LogP contribution is 2.37. The fourth-order valence-electron chi connectivity index (χ4n) is 2.54. The number of nitrogen functional groups attached to an aromatic ring is 2. The highest BCUT2D eigenvalue weighted by Gasteiger charge is 2.35. The van der Waals surface area contributed by atoms with Crippen LogP contribution < -0.4 is 11.5 Å². The van der Waals surface area contributed by atoms with Gasteiger partial charge in [-0.05, 0) is 12.3 Å². The first-order valence-electron chi connectivity index (χ1n) is 6.13. The number of nitrogens with zero attached hydrogens (tertiary/aromatic N) is 4. The number of ether oxygens (including phenoxy) is 1. The van der Waals surface area contributed by atoms with E-state index >= 15 is 0 Å². The summed E-state index contributed by atoms with van der Waals surface area (Å²) in [5.74, 6) is 0.589. The molecule has 3 heterocycles. The van der Waals surface area contributed by atoms with Crippen LogP contribution in [0.2, 0.25) is 0 Å². The van der Waals surface area contributed by atoms with E-state index in [4.69, 9.17) is 16.2 Å². The molecule has 19 heavy (non-hydrogen) atoms. The Hall–Kier alpha value is -1.93.